The number of carbonyl (C=O) groups is 3. The van der Waals surface area contributed by atoms with Crippen LogP contribution in [0.4, 0.5) is 0 Å². The molecule has 6 heteroatoms. The molecule has 152 valence electrons. The highest BCUT2D eigenvalue weighted by molar-refractivity contribution is 6.24. The van der Waals surface area contributed by atoms with Crippen LogP contribution in [0.15, 0.2) is 30.3 Å². The van der Waals surface area contributed by atoms with Crippen LogP contribution in [0, 0.1) is 11.8 Å². The van der Waals surface area contributed by atoms with Crippen molar-refractivity contribution in [3.63, 3.8) is 0 Å². The van der Waals surface area contributed by atoms with Crippen LogP contribution in [0.25, 0.3) is 5.57 Å². The Morgan fingerprint density at radius 2 is 1.62 bits per heavy atom. The van der Waals surface area contributed by atoms with Gasteiger partial charge in [-0.15, -0.1) is 0 Å². The highest BCUT2D eigenvalue weighted by Gasteiger charge is 2.50. The number of hydrogen-bond donors (Lipinski definition) is 1. The third kappa shape index (κ3) is 3.19. The fourth-order valence-electron chi connectivity index (χ4n) is 4.96. The molecule has 2 amide bonds. The van der Waals surface area contributed by atoms with Crippen LogP contribution in [-0.4, -0.2) is 64.3 Å². The van der Waals surface area contributed by atoms with E-state index in [4.69, 9.17) is 0 Å². The Bertz CT molecular complexity index is 892. The first-order valence-corrected chi connectivity index (χ1v) is 10.6. The van der Waals surface area contributed by atoms with Crippen molar-refractivity contribution in [1.82, 2.24) is 9.80 Å². The van der Waals surface area contributed by atoms with Crippen molar-refractivity contribution in [1.29, 1.82) is 0 Å². The maximum atomic E-state index is 12.8. The number of aliphatic hydroxyl groups is 1. The number of Topliss-reactive ketones (excluding diaryl/α,β-unsaturated/α-hetero) is 1. The molecule has 1 N–H and O–H groups in total. The molecule has 1 aliphatic heterocycles. The van der Waals surface area contributed by atoms with E-state index in [0.717, 1.165) is 30.4 Å². The molecule has 1 aromatic carbocycles. The van der Waals surface area contributed by atoms with Crippen molar-refractivity contribution < 1.29 is 19.5 Å². The minimum atomic E-state index is -1.15. The first-order valence-electron chi connectivity index (χ1n) is 10.6. The molecule has 2 saturated carbocycles. The Kier molecular flexibility index (Phi) is 4.35. The van der Waals surface area contributed by atoms with Crippen molar-refractivity contribution in [2.24, 2.45) is 11.8 Å². The van der Waals surface area contributed by atoms with Crippen LogP contribution >= 0.6 is 0 Å². The third-order valence-corrected chi connectivity index (χ3v) is 6.97. The number of fused-ring (bicyclic) bond motifs is 1. The summed E-state index contributed by atoms with van der Waals surface area (Å²) >= 11 is 0. The SMILES string of the molecule is O=C1C(c2ccc(C(=O)N3CCN(C(=O)C4(O)CC4)CC3)cc2)=CC2CCCC12. The Balaban J connectivity index is 1.22. The standard InChI is InChI=1S/C23H26N2O4/c26-20-18-3-1-2-17(18)14-19(20)15-4-6-16(7-5-15)21(27)24-10-12-25(13-11-24)22(28)23(29)8-9-23/h4-7,14,17-18,29H,1-3,8-13H2. The molecular weight excluding hydrogens is 368 g/mol. The van der Waals surface area contributed by atoms with E-state index in [1.165, 1.54) is 0 Å². The van der Waals surface area contributed by atoms with Gasteiger partial charge >= 0.3 is 0 Å². The number of carbonyl (C=O) groups excluding carboxylic acids is 3. The first kappa shape index (κ1) is 18.6. The topological polar surface area (TPSA) is 77.9 Å². The predicted molar refractivity (Wildman–Crippen MR) is 107 cm³/mol. The summed E-state index contributed by atoms with van der Waals surface area (Å²) in [6.07, 6.45) is 6.43. The van der Waals surface area contributed by atoms with Crippen LogP contribution < -0.4 is 0 Å². The molecule has 0 spiro atoms. The number of allylic oxidation sites excluding steroid dienone is 2. The van der Waals surface area contributed by atoms with Gasteiger partial charge in [0.25, 0.3) is 11.8 Å². The van der Waals surface area contributed by atoms with E-state index in [1.54, 1.807) is 21.9 Å². The summed E-state index contributed by atoms with van der Waals surface area (Å²) in [5.74, 6) is 0.556. The van der Waals surface area contributed by atoms with Gasteiger partial charge in [-0.2, -0.15) is 0 Å². The maximum absolute atomic E-state index is 12.8. The highest BCUT2D eigenvalue weighted by Crippen LogP contribution is 2.43. The van der Waals surface area contributed by atoms with Gasteiger partial charge in [0.05, 0.1) is 0 Å². The fraction of sp³-hybridized carbons (Fsp3) is 0.522. The van der Waals surface area contributed by atoms with Gasteiger partial charge in [-0.05, 0) is 49.3 Å². The Morgan fingerprint density at radius 3 is 2.24 bits per heavy atom. The molecule has 29 heavy (non-hydrogen) atoms. The molecule has 2 atom stereocenters. The summed E-state index contributed by atoms with van der Waals surface area (Å²) in [5.41, 5.74) is 1.16. The third-order valence-electron chi connectivity index (χ3n) is 6.97. The number of hydrogen-bond acceptors (Lipinski definition) is 4. The molecule has 2 unspecified atom stereocenters. The quantitative estimate of drug-likeness (QED) is 0.849. The van der Waals surface area contributed by atoms with Crippen LogP contribution in [-0.2, 0) is 9.59 Å². The fourth-order valence-corrected chi connectivity index (χ4v) is 4.96. The molecule has 1 aromatic rings. The molecule has 0 radical (unpaired) electrons. The van der Waals surface area contributed by atoms with E-state index in [9.17, 15) is 19.5 Å². The zero-order valence-electron chi connectivity index (χ0n) is 16.5. The Hall–Kier alpha value is -2.47. The van der Waals surface area contributed by atoms with Crippen molar-refractivity contribution >= 4 is 23.2 Å². The smallest absolute Gasteiger partial charge is 0.254 e. The summed E-state index contributed by atoms with van der Waals surface area (Å²) in [7, 11) is 0. The van der Waals surface area contributed by atoms with Crippen molar-refractivity contribution in [2.45, 2.75) is 37.7 Å². The summed E-state index contributed by atoms with van der Waals surface area (Å²) < 4.78 is 0. The summed E-state index contributed by atoms with van der Waals surface area (Å²) in [6, 6.07) is 7.34. The average Bonchev–Trinajstić information content (AvgIpc) is 3.20. The number of benzene rings is 1. The Labute approximate surface area is 170 Å². The van der Waals surface area contributed by atoms with Crippen LogP contribution in [0.3, 0.4) is 0 Å². The van der Waals surface area contributed by atoms with Gasteiger partial charge in [0.15, 0.2) is 5.78 Å². The molecule has 3 aliphatic carbocycles. The monoisotopic (exact) mass is 394 g/mol. The lowest BCUT2D eigenvalue weighted by Gasteiger charge is -2.35. The average molecular weight is 394 g/mol. The second kappa shape index (κ2) is 6.80. The second-order valence-corrected chi connectivity index (χ2v) is 8.84. The van der Waals surface area contributed by atoms with Gasteiger partial charge in [0.1, 0.15) is 5.60 Å². The summed E-state index contributed by atoms with van der Waals surface area (Å²) in [6.45, 7) is 1.84. The molecule has 1 heterocycles. The lowest BCUT2D eigenvalue weighted by Crippen LogP contribution is -2.53. The van der Waals surface area contributed by atoms with E-state index in [1.807, 2.05) is 12.1 Å². The lowest BCUT2D eigenvalue weighted by atomic mass is 9.96. The number of rotatable bonds is 3. The normalized spacial score (nSPS) is 27.6. The summed E-state index contributed by atoms with van der Waals surface area (Å²) in [4.78, 5) is 41.1. The number of piperazine rings is 1. The molecule has 1 saturated heterocycles. The summed E-state index contributed by atoms with van der Waals surface area (Å²) in [5, 5.41) is 9.99. The van der Waals surface area contributed by atoms with E-state index in [0.29, 0.717) is 50.5 Å². The van der Waals surface area contributed by atoms with Gasteiger partial charge in [-0.3, -0.25) is 14.4 Å². The van der Waals surface area contributed by atoms with Crippen molar-refractivity contribution in [3.8, 4) is 0 Å². The number of ketones is 1. The molecule has 3 fully saturated rings. The number of nitrogens with zero attached hydrogens (tertiary/aromatic N) is 2. The van der Waals surface area contributed by atoms with E-state index in [2.05, 4.69) is 6.08 Å². The highest BCUT2D eigenvalue weighted by atomic mass is 16.3. The molecule has 6 nitrogen and oxygen atoms in total. The molecular formula is C23H26N2O4. The first-order chi connectivity index (χ1) is 14.0. The van der Waals surface area contributed by atoms with Gasteiger partial charge < -0.3 is 14.9 Å². The molecule has 4 aliphatic rings. The van der Waals surface area contributed by atoms with E-state index < -0.39 is 5.60 Å². The largest absolute Gasteiger partial charge is 0.380 e. The van der Waals surface area contributed by atoms with Gasteiger partial charge in [0, 0.05) is 43.2 Å². The minimum Gasteiger partial charge on any atom is -0.380 e. The van der Waals surface area contributed by atoms with E-state index >= 15 is 0 Å². The van der Waals surface area contributed by atoms with Gasteiger partial charge in [0.2, 0.25) is 0 Å². The minimum absolute atomic E-state index is 0.0580. The van der Waals surface area contributed by atoms with Crippen LogP contribution in [0.1, 0.15) is 48.0 Å². The zero-order chi connectivity index (χ0) is 20.2. The number of amides is 2. The lowest BCUT2D eigenvalue weighted by molar-refractivity contribution is -0.143. The maximum Gasteiger partial charge on any atom is 0.254 e. The van der Waals surface area contributed by atoms with Crippen molar-refractivity contribution in [3.05, 3.63) is 41.5 Å². The van der Waals surface area contributed by atoms with Crippen LogP contribution in [0.2, 0.25) is 0 Å². The molecule has 0 bridgehead atoms. The van der Waals surface area contributed by atoms with Gasteiger partial charge in [-0.1, -0.05) is 24.6 Å². The van der Waals surface area contributed by atoms with Crippen LogP contribution in [0.5, 0.6) is 0 Å². The second-order valence-electron chi connectivity index (χ2n) is 8.84. The predicted octanol–water partition coefficient (Wildman–Crippen LogP) is 1.88. The zero-order valence-corrected chi connectivity index (χ0v) is 16.5. The van der Waals surface area contributed by atoms with Gasteiger partial charge in [-0.25, -0.2) is 0 Å². The van der Waals surface area contributed by atoms with E-state index in [-0.39, 0.29) is 23.5 Å². The Morgan fingerprint density at radius 1 is 0.966 bits per heavy atom. The van der Waals surface area contributed by atoms with Crippen molar-refractivity contribution in [2.75, 3.05) is 26.2 Å². The molecule has 0 aromatic heterocycles. The molecule has 5 rings (SSSR count).